The maximum atomic E-state index is 12.9. The van der Waals surface area contributed by atoms with E-state index >= 15 is 0 Å². The molecule has 2 aromatic carbocycles. The average molecular weight is 334 g/mol. The van der Waals surface area contributed by atoms with Crippen LogP contribution >= 0.6 is 0 Å². The highest BCUT2D eigenvalue weighted by Crippen LogP contribution is 2.23. The first-order chi connectivity index (χ1) is 12.3. The Morgan fingerprint density at radius 3 is 2.80 bits per heavy atom. The summed E-state index contributed by atoms with van der Waals surface area (Å²) in [5.41, 5.74) is 2.27. The number of aryl methyl sites for hydroxylation is 1. The summed E-state index contributed by atoms with van der Waals surface area (Å²) in [5, 5.41) is 8.93. The second kappa shape index (κ2) is 7.07. The van der Waals surface area contributed by atoms with Gasteiger partial charge in [-0.2, -0.15) is 5.10 Å². The topological polar surface area (TPSA) is 50.2 Å². The van der Waals surface area contributed by atoms with E-state index in [-0.39, 0.29) is 11.9 Å². The van der Waals surface area contributed by atoms with E-state index in [9.17, 15) is 4.79 Å². The number of rotatable bonds is 4. The first kappa shape index (κ1) is 15.8. The van der Waals surface area contributed by atoms with Crippen LogP contribution in [0.25, 0.3) is 10.9 Å². The largest absolute Gasteiger partial charge is 0.333 e. The number of carbonyl (C=O) groups is 1. The summed E-state index contributed by atoms with van der Waals surface area (Å²) >= 11 is 0. The number of para-hydroxylation sites is 1. The molecule has 1 aliphatic heterocycles. The summed E-state index contributed by atoms with van der Waals surface area (Å²) in [6.45, 7) is 3.01. The van der Waals surface area contributed by atoms with Crippen LogP contribution in [0.3, 0.4) is 0 Å². The van der Waals surface area contributed by atoms with Crippen LogP contribution in [-0.2, 0) is 11.3 Å². The quantitative estimate of drug-likeness (QED) is 0.798. The van der Waals surface area contributed by atoms with Crippen LogP contribution in [0.4, 0.5) is 0 Å². The van der Waals surface area contributed by atoms with Gasteiger partial charge >= 0.3 is 0 Å². The highest BCUT2D eigenvalue weighted by molar-refractivity contribution is 5.79. The van der Waals surface area contributed by atoms with Gasteiger partial charge in [-0.05, 0) is 11.6 Å². The highest BCUT2D eigenvalue weighted by atomic mass is 16.2. The Hall–Kier alpha value is -2.66. The molecule has 0 radical (unpaired) electrons. The van der Waals surface area contributed by atoms with Gasteiger partial charge in [0.1, 0.15) is 0 Å². The van der Waals surface area contributed by atoms with Crippen molar-refractivity contribution in [3.8, 4) is 0 Å². The zero-order valence-electron chi connectivity index (χ0n) is 14.1. The number of hydrogen-bond donors (Lipinski definition) is 1. The number of nitrogens with zero attached hydrogens (tertiary/aromatic N) is 3. The molecule has 0 bridgehead atoms. The summed E-state index contributed by atoms with van der Waals surface area (Å²) in [6, 6.07) is 18.5. The minimum atomic E-state index is 0.108. The summed E-state index contributed by atoms with van der Waals surface area (Å²) in [7, 11) is 0. The molecule has 3 aromatic rings. The zero-order chi connectivity index (χ0) is 17.1. The van der Waals surface area contributed by atoms with Crippen LogP contribution in [0.2, 0.25) is 0 Å². The van der Waals surface area contributed by atoms with E-state index in [0.29, 0.717) is 13.0 Å². The molecule has 1 amide bonds. The number of carbonyl (C=O) groups excluding carboxylic acids is 1. The predicted octanol–water partition coefficient (Wildman–Crippen LogP) is 2.60. The molecule has 1 atom stereocenters. The summed E-state index contributed by atoms with van der Waals surface area (Å²) in [4.78, 5) is 14.9. The normalized spacial score (nSPS) is 17.8. The molecule has 128 valence electrons. The van der Waals surface area contributed by atoms with Gasteiger partial charge in [0.25, 0.3) is 0 Å². The van der Waals surface area contributed by atoms with E-state index in [1.807, 2.05) is 58.2 Å². The molecule has 0 spiro atoms. The smallest absolute Gasteiger partial charge is 0.225 e. The van der Waals surface area contributed by atoms with Gasteiger partial charge in [-0.1, -0.05) is 48.5 Å². The van der Waals surface area contributed by atoms with E-state index in [1.165, 1.54) is 5.56 Å². The lowest BCUT2D eigenvalue weighted by Crippen LogP contribution is -2.48. The van der Waals surface area contributed by atoms with Crippen LogP contribution in [0.5, 0.6) is 0 Å². The number of hydrogen-bond acceptors (Lipinski definition) is 3. The fourth-order valence-electron chi connectivity index (χ4n) is 3.53. The summed E-state index contributed by atoms with van der Waals surface area (Å²) in [5.74, 6) is 0.190. The molecule has 1 aliphatic rings. The maximum absolute atomic E-state index is 12.9. The fourth-order valence-corrected chi connectivity index (χ4v) is 3.53. The van der Waals surface area contributed by atoms with Gasteiger partial charge in [-0.3, -0.25) is 9.48 Å². The van der Waals surface area contributed by atoms with Crippen molar-refractivity contribution in [2.45, 2.75) is 19.0 Å². The molecule has 0 aliphatic carbocycles. The van der Waals surface area contributed by atoms with Crippen LogP contribution in [0, 0.1) is 0 Å². The van der Waals surface area contributed by atoms with E-state index in [0.717, 1.165) is 30.5 Å². The number of nitrogens with one attached hydrogen (secondary N) is 1. The molecule has 1 unspecified atom stereocenters. The van der Waals surface area contributed by atoms with Crippen molar-refractivity contribution in [3.63, 3.8) is 0 Å². The molecule has 1 aromatic heterocycles. The van der Waals surface area contributed by atoms with Crippen molar-refractivity contribution < 1.29 is 4.79 Å². The van der Waals surface area contributed by atoms with Crippen molar-refractivity contribution in [2.75, 3.05) is 19.6 Å². The van der Waals surface area contributed by atoms with Crippen LogP contribution in [0.15, 0.2) is 60.8 Å². The van der Waals surface area contributed by atoms with E-state index in [1.54, 1.807) is 0 Å². The van der Waals surface area contributed by atoms with Crippen molar-refractivity contribution in [1.82, 2.24) is 20.0 Å². The third-order valence-corrected chi connectivity index (χ3v) is 4.84. The SMILES string of the molecule is O=C(CCn1ncc2ccccc21)N1CCNCC1c1ccccc1. The van der Waals surface area contributed by atoms with Crippen molar-refractivity contribution in [2.24, 2.45) is 0 Å². The zero-order valence-corrected chi connectivity index (χ0v) is 14.1. The first-order valence-electron chi connectivity index (χ1n) is 8.78. The minimum absolute atomic E-state index is 0.108. The molecule has 1 saturated heterocycles. The molecule has 2 heterocycles. The molecule has 5 nitrogen and oxygen atoms in total. The van der Waals surface area contributed by atoms with E-state index < -0.39 is 0 Å². The van der Waals surface area contributed by atoms with E-state index in [4.69, 9.17) is 0 Å². The number of fused-ring (bicyclic) bond motifs is 1. The molecular formula is C20H22N4O. The third kappa shape index (κ3) is 3.28. The van der Waals surface area contributed by atoms with Crippen LogP contribution in [0.1, 0.15) is 18.0 Å². The standard InChI is InChI=1S/C20H22N4O/c25-20(10-12-24-18-9-5-4-8-17(18)14-22-24)23-13-11-21-15-19(23)16-6-2-1-3-7-16/h1-9,14,19,21H,10-13,15H2. The number of amides is 1. The maximum Gasteiger partial charge on any atom is 0.225 e. The fraction of sp³-hybridized carbons (Fsp3) is 0.300. The molecular weight excluding hydrogens is 312 g/mol. The molecule has 1 N–H and O–H groups in total. The number of aromatic nitrogens is 2. The van der Waals surface area contributed by atoms with Gasteiger partial charge < -0.3 is 10.2 Å². The summed E-state index contributed by atoms with van der Waals surface area (Å²) in [6.07, 6.45) is 2.33. The Labute approximate surface area is 147 Å². The number of benzene rings is 2. The van der Waals surface area contributed by atoms with Gasteiger partial charge in [0, 0.05) is 31.4 Å². The molecule has 4 rings (SSSR count). The highest BCUT2D eigenvalue weighted by Gasteiger charge is 2.27. The molecule has 25 heavy (non-hydrogen) atoms. The van der Waals surface area contributed by atoms with E-state index in [2.05, 4.69) is 22.5 Å². The second-order valence-electron chi connectivity index (χ2n) is 6.39. The Kier molecular flexibility index (Phi) is 4.48. The average Bonchev–Trinajstić information content (AvgIpc) is 3.10. The first-order valence-corrected chi connectivity index (χ1v) is 8.78. The number of piperazine rings is 1. The Balaban J connectivity index is 1.47. The lowest BCUT2D eigenvalue weighted by Gasteiger charge is -2.36. The van der Waals surface area contributed by atoms with Crippen molar-refractivity contribution >= 4 is 16.8 Å². The Morgan fingerprint density at radius 1 is 1.12 bits per heavy atom. The lowest BCUT2D eigenvalue weighted by atomic mass is 10.0. The van der Waals surface area contributed by atoms with Gasteiger partial charge in [-0.25, -0.2) is 0 Å². The van der Waals surface area contributed by atoms with Crippen LogP contribution < -0.4 is 5.32 Å². The van der Waals surface area contributed by atoms with Gasteiger partial charge in [0.2, 0.25) is 5.91 Å². The van der Waals surface area contributed by atoms with Crippen LogP contribution in [-0.4, -0.2) is 40.2 Å². The monoisotopic (exact) mass is 334 g/mol. The Morgan fingerprint density at radius 2 is 1.92 bits per heavy atom. The van der Waals surface area contributed by atoms with Gasteiger partial charge in [0.15, 0.2) is 0 Å². The lowest BCUT2D eigenvalue weighted by molar-refractivity contribution is -0.134. The molecule has 5 heteroatoms. The molecule has 0 saturated carbocycles. The molecule has 1 fully saturated rings. The third-order valence-electron chi connectivity index (χ3n) is 4.84. The second-order valence-corrected chi connectivity index (χ2v) is 6.39. The van der Waals surface area contributed by atoms with Crippen molar-refractivity contribution in [1.29, 1.82) is 0 Å². The Bertz CT molecular complexity index is 858. The van der Waals surface area contributed by atoms with Crippen molar-refractivity contribution in [3.05, 3.63) is 66.4 Å². The predicted molar refractivity (Wildman–Crippen MR) is 98.1 cm³/mol. The van der Waals surface area contributed by atoms with Gasteiger partial charge in [0.05, 0.1) is 24.3 Å². The minimum Gasteiger partial charge on any atom is -0.333 e. The summed E-state index contributed by atoms with van der Waals surface area (Å²) < 4.78 is 1.92. The van der Waals surface area contributed by atoms with Gasteiger partial charge in [-0.15, -0.1) is 0 Å².